The molecule has 0 aliphatic heterocycles. The van der Waals surface area contributed by atoms with Gasteiger partial charge in [-0.25, -0.2) is 4.79 Å². The van der Waals surface area contributed by atoms with Crippen molar-refractivity contribution in [2.45, 2.75) is 32.1 Å². The molecule has 0 bridgehead atoms. The molecular weight excluding hydrogens is 418 g/mol. The lowest BCUT2D eigenvalue weighted by atomic mass is 9.80. The molecule has 0 aliphatic carbocycles. The molecular formula is C26H27N3O4. The number of ether oxygens (including phenoxy) is 1. The molecule has 0 fully saturated rings. The Bertz CT molecular complexity index is 1230. The Kier molecular flexibility index (Phi) is 6.33. The van der Waals surface area contributed by atoms with Gasteiger partial charge >= 0.3 is 6.09 Å². The summed E-state index contributed by atoms with van der Waals surface area (Å²) >= 11 is 0. The molecule has 0 saturated carbocycles. The first-order valence-electron chi connectivity index (χ1n) is 10.9. The second-order valence-corrected chi connectivity index (χ2v) is 7.91. The second kappa shape index (κ2) is 9.34. The van der Waals surface area contributed by atoms with Gasteiger partial charge in [0.15, 0.2) is 0 Å². The summed E-state index contributed by atoms with van der Waals surface area (Å²) in [7, 11) is 0. The highest BCUT2D eigenvalue weighted by Crippen LogP contribution is 2.41. The molecule has 33 heavy (non-hydrogen) atoms. The van der Waals surface area contributed by atoms with Crippen LogP contribution < -0.4 is 4.74 Å². The minimum absolute atomic E-state index is 0.229. The highest BCUT2D eigenvalue weighted by molar-refractivity contribution is 5.89. The number of amides is 1. The average molecular weight is 446 g/mol. The number of H-pyrrole nitrogens is 1. The van der Waals surface area contributed by atoms with Crippen molar-refractivity contribution in [3.63, 3.8) is 0 Å². The minimum atomic E-state index is -1.64. The van der Waals surface area contributed by atoms with Crippen LogP contribution in [0, 0.1) is 0 Å². The first kappa shape index (κ1) is 22.4. The summed E-state index contributed by atoms with van der Waals surface area (Å²) in [5.74, 6) is 0.648. The summed E-state index contributed by atoms with van der Waals surface area (Å²) in [6.07, 6.45) is 3.81. The van der Waals surface area contributed by atoms with Crippen molar-refractivity contribution >= 4 is 17.0 Å². The minimum Gasteiger partial charge on any atom is -0.487 e. The van der Waals surface area contributed by atoms with E-state index < -0.39 is 17.7 Å². The van der Waals surface area contributed by atoms with Crippen molar-refractivity contribution in [3.8, 4) is 5.75 Å². The number of pyridine rings is 1. The van der Waals surface area contributed by atoms with Crippen molar-refractivity contribution in [2.24, 2.45) is 0 Å². The van der Waals surface area contributed by atoms with Gasteiger partial charge in [-0.1, -0.05) is 48.5 Å². The van der Waals surface area contributed by atoms with Gasteiger partial charge in [-0.3, -0.25) is 4.98 Å². The molecule has 2 atom stereocenters. The molecule has 7 heteroatoms. The van der Waals surface area contributed by atoms with Crippen LogP contribution in [0.2, 0.25) is 0 Å². The number of fused-ring (bicyclic) bond motifs is 1. The van der Waals surface area contributed by atoms with Gasteiger partial charge in [0.05, 0.1) is 11.6 Å². The number of hydrogen-bond acceptors (Lipinski definition) is 4. The maximum absolute atomic E-state index is 12.2. The van der Waals surface area contributed by atoms with Gasteiger partial charge in [0.1, 0.15) is 18.0 Å². The zero-order chi connectivity index (χ0) is 23.4. The summed E-state index contributed by atoms with van der Waals surface area (Å²) < 4.78 is 6.07. The highest BCUT2D eigenvalue weighted by Gasteiger charge is 2.44. The van der Waals surface area contributed by atoms with Gasteiger partial charge in [-0.15, -0.1) is 0 Å². The van der Waals surface area contributed by atoms with Crippen molar-refractivity contribution in [1.82, 2.24) is 14.9 Å². The summed E-state index contributed by atoms with van der Waals surface area (Å²) in [5, 5.41) is 22.7. The molecule has 4 aromatic rings. The van der Waals surface area contributed by atoms with E-state index in [0.29, 0.717) is 23.5 Å². The fourth-order valence-electron chi connectivity index (χ4n) is 4.31. The van der Waals surface area contributed by atoms with Gasteiger partial charge in [0, 0.05) is 41.6 Å². The predicted octanol–water partition coefficient (Wildman–Crippen LogP) is 4.77. The van der Waals surface area contributed by atoms with Crippen LogP contribution in [0.4, 0.5) is 4.79 Å². The number of carbonyl (C=O) groups is 1. The molecule has 4 rings (SSSR count). The molecule has 0 aliphatic rings. The van der Waals surface area contributed by atoms with E-state index in [1.807, 2.05) is 48.5 Å². The standard InChI is InChI=1S/C26H27N3O4/c1-3-29(25(30)31)18(2)26(32,20-11-8-14-27-15-20)22-16-28-24-21(22)12-7-13-23(24)33-17-19-9-5-4-6-10-19/h4-16,18,28,32H,3,17H2,1-2H3,(H,30,31)/t18-,26+/m1/s1. The topological polar surface area (TPSA) is 98.7 Å². The van der Waals surface area contributed by atoms with Gasteiger partial charge in [-0.2, -0.15) is 0 Å². The number of nitrogens with one attached hydrogen (secondary N) is 1. The first-order valence-corrected chi connectivity index (χ1v) is 10.9. The monoisotopic (exact) mass is 445 g/mol. The van der Waals surface area contributed by atoms with Gasteiger partial charge < -0.3 is 24.8 Å². The normalized spacial score (nSPS) is 13.9. The van der Waals surface area contributed by atoms with Crippen LogP contribution >= 0.6 is 0 Å². The van der Waals surface area contributed by atoms with Crippen molar-refractivity contribution in [1.29, 1.82) is 0 Å². The molecule has 2 aromatic heterocycles. The van der Waals surface area contributed by atoms with E-state index in [1.54, 1.807) is 44.6 Å². The van der Waals surface area contributed by atoms with Gasteiger partial charge in [0.2, 0.25) is 0 Å². The number of benzene rings is 2. The van der Waals surface area contributed by atoms with Crippen molar-refractivity contribution in [2.75, 3.05) is 6.54 Å². The first-order chi connectivity index (χ1) is 16.0. The number of aromatic amines is 1. The lowest BCUT2D eigenvalue weighted by Crippen LogP contribution is -2.51. The van der Waals surface area contributed by atoms with Crippen LogP contribution in [0.25, 0.3) is 10.9 Å². The summed E-state index contributed by atoms with van der Waals surface area (Å²) in [6.45, 7) is 4.09. The SMILES string of the molecule is CCN(C(=O)O)[C@H](C)[C@](O)(c1cccnc1)c1c[nH]c2c(OCc3ccccc3)cccc12. The maximum atomic E-state index is 12.2. The molecule has 1 amide bonds. The average Bonchev–Trinajstić information content (AvgIpc) is 3.29. The van der Waals surface area contributed by atoms with E-state index >= 15 is 0 Å². The highest BCUT2D eigenvalue weighted by atomic mass is 16.5. The third-order valence-electron chi connectivity index (χ3n) is 6.09. The zero-order valence-corrected chi connectivity index (χ0v) is 18.6. The third kappa shape index (κ3) is 4.15. The van der Waals surface area contributed by atoms with E-state index in [-0.39, 0.29) is 6.54 Å². The third-order valence-corrected chi connectivity index (χ3v) is 6.09. The molecule has 0 radical (unpaired) electrons. The Labute approximate surface area is 192 Å². The number of rotatable bonds is 8. The number of carboxylic acid groups (broad SMARTS) is 1. The zero-order valence-electron chi connectivity index (χ0n) is 18.6. The number of aliphatic hydroxyl groups is 1. The molecule has 170 valence electrons. The summed E-state index contributed by atoms with van der Waals surface area (Å²) in [5.41, 5.74) is 1.20. The molecule has 2 heterocycles. The van der Waals surface area contributed by atoms with Crippen LogP contribution in [0.5, 0.6) is 5.75 Å². The Morgan fingerprint density at radius 1 is 1.15 bits per heavy atom. The Morgan fingerprint density at radius 2 is 1.94 bits per heavy atom. The molecule has 2 aromatic carbocycles. The quantitative estimate of drug-likeness (QED) is 0.363. The van der Waals surface area contributed by atoms with Gasteiger partial charge in [0.25, 0.3) is 0 Å². The fourth-order valence-corrected chi connectivity index (χ4v) is 4.31. The van der Waals surface area contributed by atoms with E-state index in [1.165, 1.54) is 4.90 Å². The van der Waals surface area contributed by atoms with Gasteiger partial charge in [-0.05, 0) is 31.5 Å². The second-order valence-electron chi connectivity index (χ2n) is 7.91. The fraction of sp³-hybridized carbons (Fsp3) is 0.231. The Hall–Kier alpha value is -3.84. The number of nitrogens with zero attached hydrogens (tertiary/aromatic N) is 2. The lowest BCUT2D eigenvalue weighted by molar-refractivity contribution is -0.00493. The van der Waals surface area contributed by atoms with Crippen LogP contribution in [0.1, 0.15) is 30.5 Å². The van der Waals surface area contributed by atoms with E-state index in [0.717, 1.165) is 16.5 Å². The van der Waals surface area contributed by atoms with Crippen LogP contribution in [0.15, 0.2) is 79.3 Å². The van der Waals surface area contributed by atoms with E-state index in [9.17, 15) is 15.0 Å². The van der Waals surface area contributed by atoms with Crippen LogP contribution in [0.3, 0.4) is 0 Å². The summed E-state index contributed by atoms with van der Waals surface area (Å²) in [6, 6.07) is 18.2. The van der Waals surface area contributed by atoms with E-state index in [4.69, 9.17) is 4.74 Å². The number of para-hydroxylation sites is 1. The number of hydrogen-bond donors (Lipinski definition) is 3. The van der Waals surface area contributed by atoms with Crippen molar-refractivity contribution in [3.05, 3.63) is 95.9 Å². The Balaban J connectivity index is 1.80. The van der Waals surface area contributed by atoms with E-state index in [2.05, 4.69) is 9.97 Å². The molecule has 0 unspecified atom stereocenters. The van der Waals surface area contributed by atoms with Crippen molar-refractivity contribution < 1.29 is 19.7 Å². The Morgan fingerprint density at radius 3 is 2.61 bits per heavy atom. The van der Waals surface area contributed by atoms with Crippen LogP contribution in [-0.4, -0.2) is 43.8 Å². The maximum Gasteiger partial charge on any atom is 0.407 e. The smallest absolute Gasteiger partial charge is 0.407 e. The predicted molar refractivity (Wildman–Crippen MR) is 126 cm³/mol. The summed E-state index contributed by atoms with van der Waals surface area (Å²) in [4.78, 5) is 20.6. The molecule has 0 spiro atoms. The largest absolute Gasteiger partial charge is 0.487 e. The number of aromatic nitrogens is 2. The lowest BCUT2D eigenvalue weighted by Gasteiger charge is -2.39. The molecule has 0 saturated heterocycles. The van der Waals surface area contributed by atoms with Crippen LogP contribution in [-0.2, 0) is 12.2 Å². The number of likely N-dealkylation sites (N-methyl/N-ethyl adjacent to an activating group) is 1. The molecule has 3 N–H and O–H groups in total. The molecule has 7 nitrogen and oxygen atoms in total.